The molecular weight excluding hydrogens is 312 g/mol. The molecule has 0 spiro atoms. The fourth-order valence-corrected chi connectivity index (χ4v) is 2.90. The quantitative estimate of drug-likeness (QED) is 0.925. The van der Waals surface area contributed by atoms with Gasteiger partial charge in [-0.05, 0) is 23.6 Å². The largest absolute Gasteiger partial charge is 0.390 e. The van der Waals surface area contributed by atoms with Crippen LogP contribution in [0.5, 0.6) is 0 Å². The Hall–Kier alpha value is -1.91. The second-order valence-electron chi connectivity index (χ2n) is 5.60. The molecule has 0 unspecified atom stereocenters. The summed E-state index contributed by atoms with van der Waals surface area (Å²) in [5.41, 5.74) is 2.68. The van der Waals surface area contributed by atoms with E-state index in [0.717, 1.165) is 19.5 Å². The standard InChI is InChI=1S/C17H20N2O2.2C2H6/c20-16(13-19-9-4-3-7-17(19)21)12-18-10-8-14-5-1-2-6-15(14)11-18;2*1-2/h1-7,9,16,20H,8,10-13H2;2*1-2H3/t16-;;/m1../s1. The smallest absolute Gasteiger partial charge is 0.250 e. The molecule has 138 valence electrons. The molecule has 2 heterocycles. The maximum atomic E-state index is 11.6. The van der Waals surface area contributed by atoms with Crippen LogP contribution in [0.25, 0.3) is 0 Å². The van der Waals surface area contributed by atoms with Crippen molar-refractivity contribution < 1.29 is 5.11 Å². The van der Waals surface area contributed by atoms with Gasteiger partial charge in [-0.25, -0.2) is 0 Å². The molecule has 1 atom stereocenters. The molecule has 1 N–H and O–H groups in total. The third-order valence-corrected chi connectivity index (χ3v) is 3.99. The number of aliphatic hydroxyl groups excluding tert-OH is 1. The Bertz CT molecular complexity index is 667. The van der Waals surface area contributed by atoms with Gasteiger partial charge in [-0.15, -0.1) is 0 Å². The van der Waals surface area contributed by atoms with E-state index >= 15 is 0 Å². The van der Waals surface area contributed by atoms with Gasteiger partial charge in [-0.2, -0.15) is 0 Å². The Kier molecular flexibility index (Phi) is 9.81. The van der Waals surface area contributed by atoms with Gasteiger partial charge >= 0.3 is 0 Å². The molecule has 25 heavy (non-hydrogen) atoms. The number of rotatable bonds is 4. The highest BCUT2D eigenvalue weighted by atomic mass is 16.3. The Morgan fingerprint density at radius 3 is 2.28 bits per heavy atom. The first-order valence-corrected chi connectivity index (χ1v) is 9.35. The fraction of sp³-hybridized carbons (Fsp3) is 0.476. The lowest BCUT2D eigenvalue weighted by Gasteiger charge is -2.30. The molecule has 1 aliphatic rings. The molecule has 3 rings (SSSR count). The molecule has 1 aliphatic heterocycles. The van der Waals surface area contributed by atoms with Gasteiger partial charge in [0.05, 0.1) is 12.6 Å². The van der Waals surface area contributed by atoms with Crippen molar-refractivity contribution in [2.24, 2.45) is 0 Å². The summed E-state index contributed by atoms with van der Waals surface area (Å²) >= 11 is 0. The van der Waals surface area contributed by atoms with Crippen molar-refractivity contribution in [3.05, 3.63) is 70.1 Å². The minimum atomic E-state index is -0.532. The molecule has 4 nitrogen and oxygen atoms in total. The van der Waals surface area contributed by atoms with Crippen LogP contribution in [0.1, 0.15) is 38.8 Å². The number of nitrogens with zero attached hydrogens (tertiary/aromatic N) is 2. The van der Waals surface area contributed by atoms with E-state index in [0.29, 0.717) is 13.1 Å². The lowest BCUT2D eigenvalue weighted by molar-refractivity contribution is 0.0910. The number of benzene rings is 1. The van der Waals surface area contributed by atoms with Gasteiger partial charge in [0.1, 0.15) is 0 Å². The molecule has 0 radical (unpaired) electrons. The van der Waals surface area contributed by atoms with Crippen LogP contribution in [0.3, 0.4) is 0 Å². The van der Waals surface area contributed by atoms with Crippen LogP contribution >= 0.6 is 0 Å². The van der Waals surface area contributed by atoms with Crippen molar-refractivity contribution in [2.45, 2.75) is 53.3 Å². The number of β-amino-alcohol motifs (C(OH)–C–C–N with tert-alkyl or cyclic N) is 1. The number of hydrogen-bond acceptors (Lipinski definition) is 3. The molecule has 4 heteroatoms. The van der Waals surface area contributed by atoms with Crippen LogP contribution in [0, 0.1) is 0 Å². The first kappa shape index (κ1) is 21.1. The average Bonchev–Trinajstić information content (AvgIpc) is 2.67. The monoisotopic (exact) mass is 344 g/mol. The summed E-state index contributed by atoms with van der Waals surface area (Å²) in [6.07, 6.45) is 2.21. The van der Waals surface area contributed by atoms with Crippen molar-refractivity contribution in [2.75, 3.05) is 13.1 Å². The van der Waals surface area contributed by atoms with E-state index in [9.17, 15) is 9.90 Å². The topological polar surface area (TPSA) is 45.5 Å². The van der Waals surface area contributed by atoms with Crippen molar-refractivity contribution in [1.82, 2.24) is 9.47 Å². The van der Waals surface area contributed by atoms with Crippen molar-refractivity contribution in [3.8, 4) is 0 Å². The number of pyridine rings is 1. The maximum absolute atomic E-state index is 11.6. The Labute approximate surface area is 151 Å². The zero-order valence-electron chi connectivity index (χ0n) is 16.0. The molecule has 0 fully saturated rings. The highest BCUT2D eigenvalue weighted by Crippen LogP contribution is 2.18. The van der Waals surface area contributed by atoms with Gasteiger partial charge in [0.25, 0.3) is 5.56 Å². The lowest BCUT2D eigenvalue weighted by atomic mass is 10.00. The third kappa shape index (κ3) is 6.48. The summed E-state index contributed by atoms with van der Waals surface area (Å²) in [6.45, 7) is 10.8. The van der Waals surface area contributed by atoms with Gasteiger partial charge in [-0.1, -0.05) is 58.0 Å². The summed E-state index contributed by atoms with van der Waals surface area (Å²) in [7, 11) is 0. The molecule has 0 aliphatic carbocycles. The number of fused-ring (bicyclic) bond motifs is 1. The summed E-state index contributed by atoms with van der Waals surface area (Å²) in [5.74, 6) is 0. The maximum Gasteiger partial charge on any atom is 0.250 e. The SMILES string of the molecule is CC.CC.O=c1ccccn1C[C@H](O)CN1CCc2ccccc2C1. The lowest BCUT2D eigenvalue weighted by Crippen LogP contribution is -2.39. The van der Waals surface area contributed by atoms with E-state index in [1.807, 2.05) is 33.8 Å². The summed E-state index contributed by atoms with van der Waals surface area (Å²) < 4.78 is 1.56. The predicted molar refractivity (Wildman–Crippen MR) is 105 cm³/mol. The minimum Gasteiger partial charge on any atom is -0.390 e. The summed E-state index contributed by atoms with van der Waals surface area (Å²) in [5, 5.41) is 10.2. The van der Waals surface area contributed by atoms with Crippen LogP contribution in [0.2, 0.25) is 0 Å². The van der Waals surface area contributed by atoms with E-state index in [4.69, 9.17) is 0 Å². The molecule has 0 saturated carbocycles. The molecule has 1 aromatic heterocycles. The summed E-state index contributed by atoms with van der Waals surface area (Å²) in [6, 6.07) is 13.5. The normalized spacial score (nSPS) is 14.3. The Morgan fingerprint density at radius 2 is 1.60 bits per heavy atom. The highest BCUT2D eigenvalue weighted by Gasteiger charge is 2.18. The van der Waals surface area contributed by atoms with Gasteiger partial charge < -0.3 is 9.67 Å². The first-order chi connectivity index (χ1) is 12.2. The van der Waals surface area contributed by atoms with Gasteiger partial charge in [0, 0.05) is 31.9 Å². The zero-order valence-corrected chi connectivity index (χ0v) is 16.0. The number of aliphatic hydroxyl groups is 1. The van der Waals surface area contributed by atoms with Crippen LogP contribution < -0.4 is 5.56 Å². The molecule has 1 aromatic carbocycles. The van der Waals surface area contributed by atoms with E-state index in [1.54, 1.807) is 16.8 Å². The molecule has 0 saturated heterocycles. The van der Waals surface area contributed by atoms with E-state index in [1.165, 1.54) is 17.2 Å². The third-order valence-electron chi connectivity index (χ3n) is 3.99. The van der Waals surface area contributed by atoms with Crippen LogP contribution in [-0.2, 0) is 19.5 Å². The van der Waals surface area contributed by atoms with Gasteiger partial charge in [0.2, 0.25) is 0 Å². The van der Waals surface area contributed by atoms with Gasteiger partial charge in [0.15, 0.2) is 0 Å². The molecule has 0 amide bonds. The van der Waals surface area contributed by atoms with E-state index < -0.39 is 6.10 Å². The van der Waals surface area contributed by atoms with Gasteiger partial charge in [-0.3, -0.25) is 9.69 Å². The highest BCUT2D eigenvalue weighted by molar-refractivity contribution is 5.29. The van der Waals surface area contributed by atoms with Crippen molar-refractivity contribution in [1.29, 1.82) is 0 Å². The van der Waals surface area contributed by atoms with Crippen LogP contribution in [-0.4, -0.2) is 33.8 Å². The molecule has 0 bridgehead atoms. The Balaban J connectivity index is 0.000000730. The number of aromatic nitrogens is 1. The fourth-order valence-electron chi connectivity index (χ4n) is 2.90. The van der Waals surface area contributed by atoms with Crippen molar-refractivity contribution >= 4 is 0 Å². The van der Waals surface area contributed by atoms with E-state index in [2.05, 4.69) is 29.2 Å². The average molecular weight is 344 g/mol. The molecule has 2 aromatic rings. The van der Waals surface area contributed by atoms with Crippen LogP contribution in [0.15, 0.2) is 53.5 Å². The van der Waals surface area contributed by atoms with E-state index in [-0.39, 0.29) is 5.56 Å². The predicted octanol–water partition coefficient (Wildman–Crippen LogP) is 3.32. The van der Waals surface area contributed by atoms with Crippen molar-refractivity contribution in [3.63, 3.8) is 0 Å². The minimum absolute atomic E-state index is 0.0689. The number of hydrogen-bond donors (Lipinski definition) is 1. The second kappa shape index (κ2) is 11.6. The molecular formula is C21H32N2O2. The Morgan fingerprint density at radius 1 is 0.960 bits per heavy atom. The second-order valence-corrected chi connectivity index (χ2v) is 5.60. The first-order valence-electron chi connectivity index (χ1n) is 9.35. The summed E-state index contributed by atoms with van der Waals surface area (Å²) in [4.78, 5) is 13.9. The van der Waals surface area contributed by atoms with Crippen LogP contribution in [0.4, 0.5) is 0 Å². The zero-order chi connectivity index (χ0) is 18.7.